The molecule has 0 bridgehead atoms. The van der Waals surface area contributed by atoms with Crippen LogP contribution in [0.4, 0.5) is 10.1 Å². The highest BCUT2D eigenvalue weighted by molar-refractivity contribution is 5.52. The van der Waals surface area contributed by atoms with Gasteiger partial charge in [0.1, 0.15) is 11.4 Å². The second-order valence-electron chi connectivity index (χ2n) is 7.54. The van der Waals surface area contributed by atoms with Crippen LogP contribution in [0.2, 0.25) is 0 Å². The highest BCUT2D eigenvalue weighted by Crippen LogP contribution is 2.29. The zero-order chi connectivity index (χ0) is 18.7. The summed E-state index contributed by atoms with van der Waals surface area (Å²) in [5, 5.41) is 9.17. The maximum atomic E-state index is 14.2. The van der Waals surface area contributed by atoms with Crippen LogP contribution in [0.25, 0.3) is 0 Å². The summed E-state index contributed by atoms with van der Waals surface area (Å²) in [7, 11) is 0. The summed E-state index contributed by atoms with van der Waals surface area (Å²) in [4.78, 5) is 6.21. The molecule has 140 valence electrons. The monoisotopic (exact) mass is 360 g/mol. The molecule has 0 radical (unpaired) electrons. The Labute approximate surface area is 153 Å². The molecule has 1 aromatic carbocycles. The van der Waals surface area contributed by atoms with Gasteiger partial charge in [-0.15, -0.1) is 0 Å². The summed E-state index contributed by atoms with van der Waals surface area (Å²) >= 11 is 0. The van der Waals surface area contributed by atoms with Crippen molar-refractivity contribution in [3.63, 3.8) is 0 Å². The van der Waals surface area contributed by atoms with E-state index in [2.05, 4.69) is 4.98 Å². The molecule has 1 N–H and O–H groups in total. The summed E-state index contributed by atoms with van der Waals surface area (Å²) in [6.07, 6.45) is 1.65. The molecular weight excluding hydrogens is 335 g/mol. The molecule has 0 spiro atoms. The first kappa shape index (κ1) is 18.5. The van der Waals surface area contributed by atoms with Gasteiger partial charge in [-0.25, -0.2) is 9.37 Å². The Hall–Kier alpha value is -2.34. The van der Waals surface area contributed by atoms with Gasteiger partial charge in [-0.3, -0.25) is 0 Å². The topological polar surface area (TPSA) is 54.8 Å². The van der Waals surface area contributed by atoms with Crippen LogP contribution in [0, 0.1) is 11.7 Å². The van der Waals surface area contributed by atoms with E-state index >= 15 is 0 Å². The highest BCUT2D eigenvalue weighted by atomic mass is 19.1. The molecule has 1 fully saturated rings. The molecule has 0 amide bonds. The predicted molar refractivity (Wildman–Crippen MR) is 98.1 cm³/mol. The Morgan fingerprint density at radius 1 is 1.23 bits per heavy atom. The van der Waals surface area contributed by atoms with Gasteiger partial charge in [0.25, 0.3) is 0 Å². The smallest absolute Gasteiger partial charge is 0.213 e. The van der Waals surface area contributed by atoms with Crippen LogP contribution >= 0.6 is 0 Å². The maximum Gasteiger partial charge on any atom is 0.213 e. The van der Waals surface area contributed by atoms with E-state index in [4.69, 9.17) is 14.6 Å². The molecule has 1 aromatic heterocycles. The molecule has 0 aliphatic carbocycles. The molecule has 0 atom stereocenters. The molecule has 2 heterocycles. The van der Waals surface area contributed by atoms with Gasteiger partial charge >= 0.3 is 0 Å². The standard InChI is InChI=1S/C20H25FN2O3/c1-20(2,3)26-18-8-7-16(9-22-18)25-13-14-10-23(11-14)17-6-4-5-15(12-24)19(17)21/h4-9,14,24H,10-13H2,1-3H3. The van der Waals surface area contributed by atoms with Crippen LogP contribution in [0.3, 0.4) is 0 Å². The fraction of sp³-hybridized carbons (Fsp3) is 0.450. The Balaban J connectivity index is 1.48. The van der Waals surface area contributed by atoms with Gasteiger partial charge in [0.15, 0.2) is 5.82 Å². The first-order valence-corrected chi connectivity index (χ1v) is 8.77. The van der Waals surface area contributed by atoms with Crippen molar-refractivity contribution in [3.8, 4) is 11.6 Å². The van der Waals surface area contributed by atoms with E-state index in [9.17, 15) is 4.39 Å². The molecule has 6 heteroatoms. The molecule has 1 aliphatic heterocycles. The average molecular weight is 360 g/mol. The minimum atomic E-state index is -0.340. The molecule has 26 heavy (non-hydrogen) atoms. The van der Waals surface area contributed by atoms with Crippen molar-refractivity contribution >= 4 is 5.69 Å². The molecule has 5 nitrogen and oxygen atoms in total. The quantitative estimate of drug-likeness (QED) is 0.856. The first-order chi connectivity index (χ1) is 12.4. The normalized spacial score (nSPS) is 14.9. The lowest BCUT2D eigenvalue weighted by atomic mass is 9.99. The third-order valence-corrected chi connectivity index (χ3v) is 4.13. The van der Waals surface area contributed by atoms with Gasteiger partial charge in [-0.05, 0) is 32.9 Å². The number of anilines is 1. The lowest BCUT2D eigenvalue weighted by Crippen LogP contribution is -2.49. The number of ether oxygens (including phenoxy) is 2. The molecule has 1 aliphatic rings. The third kappa shape index (κ3) is 4.43. The summed E-state index contributed by atoms with van der Waals surface area (Å²) in [6, 6.07) is 8.74. The van der Waals surface area contributed by atoms with Crippen LogP contribution in [-0.4, -0.2) is 35.4 Å². The SMILES string of the molecule is CC(C)(C)Oc1ccc(OCC2CN(c3cccc(CO)c3F)C2)cn1. The maximum absolute atomic E-state index is 14.2. The number of nitrogens with zero attached hydrogens (tertiary/aromatic N) is 2. The number of pyridine rings is 1. The molecule has 2 aromatic rings. The highest BCUT2D eigenvalue weighted by Gasteiger charge is 2.29. The van der Waals surface area contributed by atoms with Gasteiger partial charge < -0.3 is 19.5 Å². The lowest BCUT2D eigenvalue weighted by molar-refractivity contribution is 0.123. The van der Waals surface area contributed by atoms with Crippen LogP contribution in [-0.2, 0) is 6.61 Å². The number of aliphatic hydroxyl groups excluding tert-OH is 1. The van der Waals surface area contributed by atoms with Gasteiger partial charge in [-0.2, -0.15) is 0 Å². The Morgan fingerprint density at radius 2 is 2.00 bits per heavy atom. The molecular formula is C20H25FN2O3. The van der Waals surface area contributed by atoms with Crippen molar-refractivity contribution in [2.45, 2.75) is 33.0 Å². The van der Waals surface area contributed by atoms with Crippen molar-refractivity contribution in [2.75, 3.05) is 24.6 Å². The van der Waals surface area contributed by atoms with Gasteiger partial charge in [0.2, 0.25) is 5.88 Å². The first-order valence-electron chi connectivity index (χ1n) is 8.77. The number of halogens is 1. The summed E-state index contributed by atoms with van der Waals surface area (Å²) in [6.45, 7) is 7.64. The zero-order valence-electron chi connectivity index (χ0n) is 15.4. The molecule has 0 saturated carbocycles. The van der Waals surface area contributed by atoms with Crippen LogP contribution in [0.5, 0.6) is 11.6 Å². The molecule has 0 unspecified atom stereocenters. The van der Waals surface area contributed by atoms with E-state index in [1.54, 1.807) is 30.5 Å². The van der Waals surface area contributed by atoms with E-state index < -0.39 is 0 Å². The van der Waals surface area contributed by atoms with E-state index in [-0.39, 0.29) is 18.0 Å². The Kier molecular flexibility index (Phi) is 5.32. The number of aliphatic hydroxyl groups is 1. The molecule has 1 saturated heterocycles. The van der Waals surface area contributed by atoms with Crippen molar-refractivity contribution in [1.29, 1.82) is 0 Å². The van der Waals surface area contributed by atoms with Gasteiger partial charge in [0, 0.05) is 30.6 Å². The van der Waals surface area contributed by atoms with Crippen molar-refractivity contribution in [2.24, 2.45) is 5.92 Å². The number of benzene rings is 1. The number of hydrogen-bond acceptors (Lipinski definition) is 5. The summed E-state index contributed by atoms with van der Waals surface area (Å²) < 4.78 is 25.7. The minimum Gasteiger partial charge on any atom is -0.492 e. The average Bonchev–Trinajstić information content (AvgIpc) is 2.55. The largest absolute Gasteiger partial charge is 0.492 e. The van der Waals surface area contributed by atoms with E-state index in [1.165, 1.54) is 0 Å². The van der Waals surface area contributed by atoms with Gasteiger partial charge in [-0.1, -0.05) is 12.1 Å². The van der Waals surface area contributed by atoms with Crippen molar-refractivity contribution in [1.82, 2.24) is 4.98 Å². The third-order valence-electron chi connectivity index (χ3n) is 4.13. The van der Waals surface area contributed by atoms with Crippen LogP contribution in [0.15, 0.2) is 36.5 Å². The minimum absolute atomic E-state index is 0.284. The zero-order valence-corrected chi connectivity index (χ0v) is 15.4. The van der Waals surface area contributed by atoms with E-state index in [1.807, 2.05) is 31.7 Å². The van der Waals surface area contributed by atoms with Crippen LogP contribution < -0.4 is 14.4 Å². The Bertz CT molecular complexity index is 738. The fourth-order valence-corrected chi connectivity index (χ4v) is 2.84. The lowest BCUT2D eigenvalue weighted by Gasteiger charge is -2.41. The van der Waals surface area contributed by atoms with E-state index in [0.717, 1.165) is 13.1 Å². The summed E-state index contributed by atoms with van der Waals surface area (Å²) in [5.41, 5.74) is 0.580. The summed E-state index contributed by atoms with van der Waals surface area (Å²) in [5.74, 6) is 1.25. The second-order valence-corrected chi connectivity index (χ2v) is 7.54. The number of rotatable bonds is 6. The molecule has 3 rings (SSSR count). The second kappa shape index (κ2) is 7.50. The van der Waals surface area contributed by atoms with Gasteiger partial charge in [0.05, 0.1) is 25.1 Å². The fourth-order valence-electron chi connectivity index (χ4n) is 2.84. The predicted octanol–water partition coefficient (Wildman–Crippen LogP) is 3.41. The van der Waals surface area contributed by atoms with Crippen molar-refractivity contribution in [3.05, 3.63) is 47.9 Å². The number of aromatic nitrogens is 1. The van der Waals surface area contributed by atoms with Crippen molar-refractivity contribution < 1.29 is 19.0 Å². The van der Waals surface area contributed by atoms with Crippen LogP contribution in [0.1, 0.15) is 26.3 Å². The number of hydrogen-bond donors (Lipinski definition) is 1. The Morgan fingerprint density at radius 3 is 2.62 bits per heavy atom. The van der Waals surface area contributed by atoms with E-state index in [0.29, 0.717) is 35.4 Å².